The van der Waals surface area contributed by atoms with Crippen LogP contribution in [-0.2, 0) is 9.84 Å². The fraction of sp³-hybridized carbons (Fsp3) is 0.379. The number of anilines is 4. The minimum atomic E-state index is -3.56. The number of aromatic nitrogens is 2. The van der Waals surface area contributed by atoms with Gasteiger partial charge < -0.3 is 15.4 Å². The van der Waals surface area contributed by atoms with E-state index < -0.39 is 22.1 Å². The Balaban J connectivity index is 1.54. The van der Waals surface area contributed by atoms with E-state index in [1.54, 1.807) is 38.1 Å². The van der Waals surface area contributed by atoms with E-state index in [9.17, 15) is 8.42 Å². The number of hydrogen-bond donors (Lipinski definition) is 2. The van der Waals surface area contributed by atoms with Crippen LogP contribution in [-0.4, -0.2) is 30.7 Å². The van der Waals surface area contributed by atoms with Crippen molar-refractivity contribution in [3.05, 3.63) is 59.0 Å². The number of benzene rings is 2. The van der Waals surface area contributed by atoms with Crippen LogP contribution in [0.15, 0.2) is 52.7 Å². The second-order valence-electron chi connectivity index (χ2n) is 10.0. The Hall–Kier alpha value is -3.17. The van der Waals surface area contributed by atoms with E-state index in [-0.39, 0.29) is 16.6 Å². The molecule has 4 aromatic rings. The number of sulfone groups is 1. The predicted octanol–water partition coefficient (Wildman–Crippen LogP) is 7.73. The standard InChI is InChI=1S/C29H34N4O3S2/c1-18(2)38(34,35)26-13-9-8-12-23(26)30-27-21-14-15-37-28(21)33-29(32-27)31-24-16-19(3)22(17-25(24)36-4)20-10-6-5-7-11-20/h8-9,12-18,20H,5-7,10-11H2,1-4H3,(H2,30,31,32,33)/i4D3. The first-order chi connectivity index (χ1) is 19.4. The molecule has 9 heteroatoms. The van der Waals surface area contributed by atoms with Gasteiger partial charge in [0.15, 0.2) is 9.84 Å². The summed E-state index contributed by atoms with van der Waals surface area (Å²) >= 11 is 1.42. The molecule has 0 atom stereocenters. The monoisotopic (exact) mass is 553 g/mol. The van der Waals surface area contributed by atoms with E-state index in [1.807, 2.05) is 30.5 Å². The van der Waals surface area contributed by atoms with Gasteiger partial charge in [-0.2, -0.15) is 4.98 Å². The summed E-state index contributed by atoms with van der Waals surface area (Å²) in [5, 5.41) is 8.44. The summed E-state index contributed by atoms with van der Waals surface area (Å²) < 4.78 is 54.8. The second-order valence-corrected chi connectivity index (χ2v) is 13.4. The Bertz CT molecular complexity index is 1660. The van der Waals surface area contributed by atoms with Gasteiger partial charge in [0.2, 0.25) is 5.95 Å². The molecule has 0 saturated heterocycles. The summed E-state index contributed by atoms with van der Waals surface area (Å²) in [5.74, 6) is 1.24. The highest BCUT2D eigenvalue weighted by Crippen LogP contribution is 2.40. The lowest BCUT2D eigenvalue weighted by atomic mass is 9.82. The summed E-state index contributed by atoms with van der Waals surface area (Å²) in [4.78, 5) is 10.2. The van der Waals surface area contributed by atoms with Crippen LogP contribution in [0.5, 0.6) is 5.75 Å². The summed E-state index contributed by atoms with van der Waals surface area (Å²) in [6.07, 6.45) is 5.68. The van der Waals surface area contributed by atoms with Crippen LogP contribution in [0.4, 0.5) is 23.1 Å². The number of aryl methyl sites for hydroxylation is 1. The lowest BCUT2D eigenvalue weighted by Crippen LogP contribution is -2.15. The van der Waals surface area contributed by atoms with Gasteiger partial charge >= 0.3 is 0 Å². The molecule has 5 rings (SSSR count). The zero-order valence-electron chi connectivity index (χ0n) is 24.7. The first-order valence-electron chi connectivity index (χ1n) is 14.4. The van der Waals surface area contributed by atoms with E-state index in [2.05, 4.69) is 15.6 Å². The van der Waals surface area contributed by atoms with Crippen molar-refractivity contribution in [3.8, 4) is 5.75 Å². The van der Waals surface area contributed by atoms with Crippen molar-refractivity contribution in [2.75, 3.05) is 17.7 Å². The quantitative estimate of drug-likeness (QED) is 0.231. The van der Waals surface area contributed by atoms with Gasteiger partial charge in [-0.25, -0.2) is 13.4 Å². The molecule has 1 aliphatic rings. The molecule has 2 aromatic heterocycles. The Morgan fingerprint density at radius 3 is 2.61 bits per heavy atom. The highest BCUT2D eigenvalue weighted by Gasteiger charge is 2.24. The molecule has 2 aromatic carbocycles. The lowest BCUT2D eigenvalue weighted by molar-refractivity contribution is 0.411. The SMILES string of the molecule is [2H]C([2H])([2H])Oc1cc(C2CCCCC2)c(C)cc1Nc1nc(Nc2ccccc2S(=O)(=O)C(C)C)c2ccsc2n1. The molecule has 2 heterocycles. The number of rotatable bonds is 8. The first-order valence-corrected chi connectivity index (χ1v) is 15.3. The van der Waals surface area contributed by atoms with E-state index in [4.69, 9.17) is 13.8 Å². The Labute approximate surface area is 232 Å². The number of nitrogens with zero attached hydrogens (tertiary/aromatic N) is 2. The van der Waals surface area contributed by atoms with E-state index >= 15 is 0 Å². The zero-order chi connectivity index (χ0) is 29.4. The first kappa shape index (κ1) is 22.8. The molecule has 0 aliphatic heterocycles. The number of nitrogens with one attached hydrogen (secondary N) is 2. The maximum Gasteiger partial charge on any atom is 0.230 e. The summed E-state index contributed by atoms with van der Waals surface area (Å²) in [6, 6.07) is 12.4. The van der Waals surface area contributed by atoms with Crippen LogP contribution in [0.3, 0.4) is 0 Å². The van der Waals surface area contributed by atoms with Gasteiger partial charge in [0.25, 0.3) is 0 Å². The maximum absolute atomic E-state index is 13.0. The van der Waals surface area contributed by atoms with Crippen molar-refractivity contribution in [2.24, 2.45) is 0 Å². The molecule has 0 radical (unpaired) electrons. The molecule has 7 nitrogen and oxygen atoms in total. The largest absolute Gasteiger partial charge is 0.495 e. The third-order valence-electron chi connectivity index (χ3n) is 7.16. The Morgan fingerprint density at radius 1 is 1.05 bits per heavy atom. The van der Waals surface area contributed by atoms with Crippen LogP contribution in [0, 0.1) is 6.92 Å². The fourth-order valence-electron chi connectivity index (χ4n) is 5.07. The topological polar surface area (TPSA) is 93.2 Å². The number of ether oxygens (including phenoxy) is 1. The van der Waals surface area contributed by atoms with Crippen molar-refractivity contribution in [1.29, 1.82) is 0 Å². The summed E-state index contributed by atoms with van der Waals surface area (Å²) in [5.41, 5.74) is 3.01. The number of fused-ring (bicyclic) bond motifs is 1. The van der Waals surface area contributed by atoms with Crippen LogP contribution < -0.4 is 15.4 Å². The van der Waals surface area contributed by atoms with E-state index in [0.29, 0.717) is 27.9 Å². The summed E-state index contributed by atoms with van der Waals surface area (Å²) in [7, 11) is -6.19. The van der Waals surface area contributed by atoms with Crippen molar-refractivity contribution >= 4 is 54.5 Å². The Kier molecular flexibility index (Phi) is 6.54. The normalized spacial score (nSPS) is 16.2. The molecule has 2 N–H and O–H groups in total. The average molecular weight is 554 g/mol. The molecule has 0 amide bonds. The highest BCUT2D eigenvalue weighted by atomic mass is 32.2. The van der Waals surface area contributed by atoms with Gasteiger partial charge in [0.1, 0.15) is 16.4 Å². The van der Waals surface area contributed by atoms with Crippen LogP contribution in [0.2, 0.25) is 0 Å². The van der Waals surface area contributed by atoms with Crippen LogP contribution >= 0.6 is 11.3 Å². The molecule has 0 bridgehead atoms. The fourth-order valence-corrected chi connectivity index (χ4v) is 7.03. The number of methoxy groups -OCH3 is 1. The summed E-state index contributed by atoms with van der Waals surface area (Å²) in [6.45, 7) is 5.32. The molecule has 1 fully saturated rings. The van der Waals surface area contributed by atoms with Gasteiger partial charge in [-0.3, -0.25) is 0 Å². The maximum atomic E-state index is 13.0. The number of para-hydroxylation sites is 1. The average Bonchev–Trinajstić information content (AvgIpc) is 3.39. The van der Waals surface area contributed by atoms with Gasteiger partial charge in [0.05, 0.1) is 38.1 Å². The number of thiophene rings is 1. The van der Waals surface area contributed by atoms with E-state index in [1.165, 1.54) is 17.8 Å². The molecular formula is C29H34N4O3S2. The number of hydrogen-bond acceptors (Lipinski definition) is 8. The minimum Gasteiger partial charge on any atom is -0.495 e. The zero-order valence-corrected chi connectivity index (χ0v) is 23.4. The van der Waals surface area contributed by atoms with Crippen molar-refractivity contribution in [1.82, 2.24) is 9.97 Å². The highest BCUT2D eigenvalue weighted by molar-refractivity contribution is 7.92. The Morgan fingerprint density at radius 2 is 1.84 bits per heavy atom. The van der Waals surface area contributed by atoms with E-state index in [0.717, 1.165) is 42.2 Å². The van der Waals surface area contributed by atoms with Crippen molar-refractivity contribution in [2.45, 2.75) is 68.9 Å². The van der Waals surface area contributed by atoms with Gasteiger partial charge in [-0.05, 0) is 86.4 Å². The third kappa shape index (κ3) is 5.22. The van der Waals surface area contributed by atoms with Gasteiger partial charge in [-0.15, -0.1) is 11.3 Å². The molecule has 0 spiro atoms. The minimum absolute atomic E-state index is 0.189. The van der Waals surface area contributed by atoms with Gasteiger partial charge in [-0.1, -0.05) is 31.4 Å². The second kappa shape index (κ2) is 10.9. The molecule has 38 heavy (non-hydrogen) atoms. The molecule has 1 saturated carbocycles. The third-order valence-corrected chi connectivity index (χ3v) is 10.2. The molecule has 0 unspecified atom stereocenters. The molecule has 1 aliphatic carbocycles. The predicted molar refractivity (Wildman–Crippen MR) is 156 cm³/mol. The molecular weight excluding hydrogens is 516 g/mol. The van der Waals surface area contributed by atoms with Crippen molar-refractivity contribution < 1.29 is 17.3 Å². The molecule has 200 valence electrons. The van der Waals surface area contributed by atoms with Crippen LogP contribution in [0.1, 0.15) is 67.1 Å². The van der Waals surface area contributed by atoms with Gasteiger partial charge in [0, 0.05) is 0 Å². The van der Waals surface area contributed by atoms with Crippen LogP contribution in [0.25, 0.3) is 10.2 Å². The smallest absolute Gasteiger partial charge is 0.230 e. The lowest BCUT2D eigenvalue weighted by Gasteiger charge is -2.25. The van der Waals surface area contributed by atoms with Crippen molar-refractivity contribution in [3.63, 3.8) is 0 Å².